The van der Waals surface area contributed by atoms with E-state index in [1.807, 2.05) is 23.1 Å². The standard InChI is InChI=1S/C25H36N4O5/c1-28-8-10-29(11-9-28)23(31)14-18-13-20-19-12-17(27-25(32)26-16-4-2-3-5-16)6-7-21(19)34-24(20)22(15-30)33-18/h6-7,12,16,18,20,22,24,30H,2-5,8-11,13-15H2,1H3,(H2,26,27,32)/t18-,20+,22+,24-/m0/s1. The van der Waals surface area contributed by atoms with Gasteiger partial charge in [0.25, 0.3) is 0 Å². The van der Waals surface area contributed by atoms with Crippen LogP contribution in [0.5, 0.6) is 5.75 Å². The monoisotopic (exact) mass is 472 g/mol. The van der Waals surface area contributed by atoms with Gasteiger partial charge < -0.3 is 35.0 Å². The van der Waals surface area contributed by atoms with E-state index in [1.165, 1.54) is 0 Å². The fourth-order valence-electron chi connectivity index (χ4n) is 5.77. The molecule has 3 aliphatic heterocycles. The van der Waals surface area contributed by atoms with Gasteiger partial charge in [-0.05, 0) is 44.5 Å². The highest BCUT2D eigenvalue weighted by Crippen LogP contribution is 2.47. The Labute approximate surface area is 200 Å². The molecule has 186 valence electrons. The van der Waals surface area contributed by atoms with Crippen molar-refractivity contribution in [1.29, 1.82) is 0 Å². The Kier molecular flexibility index (Phi) is 6.94. The van der Waals surface area contributed by atoms with Gasteiger partial charge in [-0.3, -0.25) is 4.79 Å². The van der Waals surface area contributed by atoms with Gasteiger partial charge in [-0.25, -0.2) is 4.79 Å². The van der Waals surface area contributed by atoms with Crippen LogP contribution in [0.25, 0.3) is 0 Å². The number of hydrogen-bond acceptors (Lipinski definition) is 6. The van der Waals surface area contributed by atoms with Crippen LogP contribution in [0.1, 0.15) is 50.0 Å². The zero-order valence-corrected chi connectivity index (χ0v) is 19.9. The molecular weight excluding hydrogens is 436 g/mol. The van der Waals surface area contributed by atoms with Crippen molar-refractivity contribution in [2.24, 2.45) is 0 Å². The molecule has 4 atom stereocenters. The predicted molar refractivity (Wildman–Crippen MR) is 127 cm³/mol. The third-order valence-corrected chi connectivity index (χ3v) is 7.71. The number of anilines is 1. The first-order valence-electron chi connectivity index (χ1n) is 12.6. The van der Waals surface area contributed by atoms with Gasteiger partial charge >= 0.3 is 6.03 Å². The third kappa shape index (κ3) is 5.01. The highest BCUT2D eigenvalue weighted by Gasteiger charge is 2.46. The van der Waals surface area contributed by atoms with Gasteiger partial charge in [-0.2, -0.15) is 0 Å². The number of urea groups is 1. The van der Waals surface area contributed by atoms with E-state index in [1.54, 1.807) is 0 Å². The number of hydrogen-bond donors (Lipinski definition) is 3. The van der Waals surface area contributed by atoms with E-state index in [4.69, 9.17) is 9.47 Å². The van der Waals surface area contributed by atoms with Crippen molar-refractivity contribution in [2.45, 2.75) is 68.8 Å². The molecule has 0 bridgehead atoms. The van der Waals surface area contributed by atoms with Crippen LogP contribution in [0.2, 0.25) is 0 Å². The smallest absolute Gasteiger partial charge is 0.319 e. The molecule has 3 amide bonds. The summed E-state index contributed by atoms with van der Waals surface area (Å²) in [6.07, 6.45) is 4.29. The van der Waals surface area contributed by atoms with Crippen LogP contribution >= 0.6 is 0 Å². The van der Waals surface area contributed by atoms with Crippen LogP contribution in [0, 0.1) is 0 Å². The van der Waals surface area contributed by atoms with E-state index in [0.29, 0.717) is 12.8 Å². The van der Waals surface area contributed by atoms with Crippen LogP contribution in [0.3, 0.4) is 0 Å². The van der Waals surface area contributed by atoms with E-state index in [2.05, 4.69) is 22.6 Å². The first-order chi connectivity index (χ1) is 16.5. The third-order valence-electron chi connectivity index (χ3n) is 7.71. The highest BCUT2D eigenvalue weighted by molar-refractivity contribution is 5.89. The molecule has 1 aliphatic carbocycles. The number of benzene rings is 1. The van der Waals surface area contributed by atoms with Crippen molar-refractivity contribution in [3.63, 3.8) is 0 Å². The summed E-state index contributed by atoms with van der Waals surface area (Å²) < 4.78 is 12.3. The summed E-state index contributed by atoms with van der Waals surface area (Å²) in [6, 6.07) is 5.75. The molecule has 1 aromatic rings. The Balaban J connectivity index is 1.25. The Morgan fingerprint density at radius 1 is 1.15 bits per heavy atom. The number of nitrogens with one attached hydrogen (secondary N) is 2. The summed E-state index contributed by atoms with van der Waals surface area (Å²) in [6.45, 7) is 3.07. The topological polar surface area (TPSA) is 103 Å². The molecule has 3 N–H and O–H groups in total. The van der Waals surface area contributed by atoms with Crippen molar-refractivity contribution >= 4 is 17.6 Å². The normalized spacial score (nSPS) is 29.3. The minimum Gasteiger partial charge on any atom is -0.487 e. The highest BCUT2D eigenvalue weighted by atomic mass is 16.6. The maximum Gasteiger partial charge on any atom is 0.319 e. The molecule has 0 aromatic heterocycles. The Hall–Kier alpha value is -2.36. The Morgan fingerprint density at radius 2 is 1.91 bits per heavy atom. The van der Waals surface area contributed by atoms with Gasteiger partial charge in [-0.1, -0.05) is 12.8 Å². The number of ether oxygens (including phenoxy) is 2. The molecule has 3 fully saturated rings. The lowest BCUT2D eigenvalue weighted by atomic mass is 9.84. The minimum atomic E-state index is -0.487. The lowest BCUT2D eigenvalue weighted by Crippen LogP contribution is -2.50. The molecule has 9 nitrogen and oxygen atoms in total. The minimum absolute atomic E-state index is 0.00540. The number of piperazine rings is 1. The number of aliphatic hydroxyl groups excluding tert-OH is 1. The van der Waals surface area contributed by atoms with Gasteiger partial charge in [0.15, 0.2) is 0 Å². The maximum absolute atomic E-state index is 12.9. The van der Waals surface area contributed by atoms with Crippen molar-refractivity contribution in [3.8, 4) is 5.75 Å². The molecule has 3 heterocycles. The second kappa shape index (κ2) is 10.1. The quantitative estimate of drug-likeness (QED) is 0.605. The average Bonchev–Trinajstić information content (AvgIpc) is 3.46. The summed E-state index contributed by atoms with van der Waals surface area (Å²) in [4.78, 5) is 29.5. The zero-order valence-electron chi connectivity index (χ0n) is 19.9. The molecule has 2 saturated heterocycles. The van der Waals surface area contributed by atoms with Gasteiger partial charge in [0.05, 0.1) is 19.1 Å². The van der Waals surface area contributed by atoms with E-state index >= 15 is 0 Å². The van der Waals surface area contributed by atoms with E-state index < -0.39 is 6.10 Å². The van der Waals surface area contributed by atoms with E-state index in [-0.39, 0.29) is 42.7 Å². The van der Waals surface area contributed by atoms with Crippen molar-refractivity contribution in [2.75, 3.05) is 45.2 Å². The Morgan fingerprint density at radius 3 is 2.65 bits per heavy atom. The molecule has 0 unspecified atom stereocenters. The maximum atomic E-state index is 12.9. The molecule has 1 saturated carbocycles. The summed E-state index contributed by atoms with van der Waals surface area (Å²) in [5, 5.41) is 16.0. The first-order valence-corrected chi connectivity index (χ1v) is 12.6. The SMILES string of the molecule is CN1CCN(C(=O)C[C@@H]2C[C@@H]3c4cc(NC(=O)NC5CCCC5)ccc4O[C@@H]3[C@@H](CO)O2)CC1. The van der Waals surface area contributed by atoms with Crippen LogP contribution < -0.4 is 15.4 Å². The Bertz CT molecular complexity index is 897. The molecule has 5 rings (SSSR count). The van der Waals surface area contributed by atoms with Crippen molar-refractivity contribution in [1.82, 2.24) is 15.1 Å². The summed E-state index contributed by atoms with van der Waals surface area (Å²) in [5.41, 5.74) is 1.72. The van der Waals surface area contributed by atoms with Crippen molar-refractivity contribution in [3.05, 3.63) is 23.8 Å². The zero-order chi connectivity index (χ0) is 23.7. The van der Waals surface area contributed by atoms with Gasteiger partial charge in [0, 0.05) is 49.4 Å². The first kappa shape index (κ1) is 23.4. The lowest BCUT2D eigenvalue weighted by Gasteiger charge is -2.38. The largest absolute Gasteiger partial charge is 0.487 e. The van der Waals surface area contributed by atoms with Crippen LogP contribution in [-0.4, -0.2) is 91.0 Å². The van der Waals surface area contributed by atoms with Gasteiger partial charge in [0.1, 0.15) is 18.0 Å². The van der Waals surface area contributed by atoms with Crippen LogP contribution in [-0.2, 0) is 9.53 Å². The number of amides is 3. The lowest BCUT2D eigenvalue weighted by molar-refractivity contribution is -0.150. The number of aliphatic hydroxyl groups is 1. The van der Waals surface area contributed by atoms with Gasteiger partial charge in [0.2, 0.25) is 5.91 Å². The number of rotatable bonds is 5. The predicted octanol–water partition coefficient (Wildman–Crippen LogP) is 1.91. The number of nitrogens with zero attached hydrogens (tertiary/aromatic N) is 2. The number of likely N-dealkylation sites (N-methyl/N-ethyl adjacent to an activating group) is 1. The number of carbonyl (C=O) groups excluding carboxylic acids is 2. The fraction of sp³-hybridized carbons (Fsp3) is 0.680. The summed E-state index contributed by atoms with van der Waals surface area (Å²) in [5.74, 6) is 0.863. The molecule has 1 aromatic carbocycles. The second-order valence-electron chi connectivity index (χ2n) is 10.1. The molecular formula is C25H36N4O5. The summed E-state index contributed by atoms with van der Waals surface area (Å²) in [7, 11) is 2.07. The summed E-state index contributed by atoms with van der Waals surface area (Å²) >= 11 is 0. The van der Waals surface area contributed by atoms with Crippen molar-refractivity contribution < 1.29 is 24.2 Å². The second-order valence-corrected chi connectivity index (χ2v) is 10.1. The molecule has 0 radical (unpaired) electrons. The van der Waals surface area contributed by atoms with Crippen LogP contribution in [0.15, 0.2) is 18.2 Å². The van der Waals surface area contributed by atoms with E-state index in [0.717, 1.165) is 68.9 Å². The molecule has 4 aliphatic rings. The number of fused-ring (bicyclic) bond motifs is 3. The van der Waals surface area contributed by atoms with Gasteiger partial charge in [-0.15, -0.1) is 0 Å². The molecule has 34 heavy (non-hydrogen) atoms. The van der Waals surface area contributed by atoms with Crippen LogP contribution in [0.4, 0.5) is 10.5 Å². The average molecular weight is 473 g/mol. The van der Waals surface area contributed by atoms with E-state index in [9.17, 15) is 14.7 Å². The molecule has 9 heteroatoms. The number of carbonyl (C=O) groups is 2. The molecule has 0 spiro atoms. The fourth-order valence-corrected chi connectivity index (χ4v) is 5.77.